The Balaban J connectivity index is 1.78. The monoisotopic (exact) mass is 339 g/mol. The van der Waals surface area contributed by atoms with Crippen molar-refractivity contribution in [2.24, 2.45) is 0 Å². The van der Waals surface area contributed by atoms with Crippen LogP contribution in [0, 0.1) is 5.82 Å². The van der Waals surface area contributed by atoms with Gasteiger partial charge in [-0.3, -0.25) is 0 Å². The maximum absolute atomic E-state index is 13.3. The number of hydrogen-bond donors (Lipinski definition) is 2. The van der Waals surface area contributed by atoms with Crippen LogP contribution in [0.3, 0.4) is 0 Å². The predicted octanol–water partition coefficient (Wildman–Crippen LogP) is 4.29. The summed E-state index contributed by atoms with van der Waals surface area (Å²) in [6, 6.07) is 13.6. The van der Waals surface area contributed by atoms with E-state index in [9.17, 15) is 4.39 Å². The lowest BCUT2D eigenvalue weighted by Crippen LogP contribution is -2.08. The number of nitrogens with zero attached hydrogens (tertiary/aromatic N) is 3. The third-order valence-corrected chi connectivity index (χ3v) is 3.15. The first-order valence-electron chi connectivity index (χ1n) is 7.85. The summed E-state index contributed by atoms with van der Waals surface area (Å²) in [6.07, 6.45) is 1.51. The molecule has 0 radical (unpaired) electrons. The maximum Gasteiger partial charge on any atom is 0.249 e. The van der Waals surface area contributed by atoms with Crippen LogP contribution in [-0.4, -0.2) is 21.3 Å². The van der Waals surface area contributed by atoms with Crippen LogP contribution in [0.5, 0.6) is 5.75 Å². The number of benzene rings is 2. The third kappa shape index (κ3) is 4.63. The van der Waals surface area contributed by atoms with E-state index in [1.165, 1.54) is 18.3 Å². The Bertz CT molecular complexity index is 856. The number of ether oxygens (including phenoxy) is 1. The highest BCUT2D eigenvalue weighted by Gasteiger charge is 2.08. The van der Waals surface area contributed by atoms with Gasteiger partial charge in [-0.1, -0.05) is 18.2 Å². The Morgan fingerprint density at radius 2 is 1.88 bits per heavy atom. The molecular formula is C18H18FN5O. The van der Waals surface area contributed by atoms with Crippen molar-refractivity contribution >= 4 is 23.1 Å². The molecule has 0 saturated carbocycles. The van der Waals surface area contributed by atoms with Gasteiger partial charge in [0, 0.05) is 5.69 Å². The van der Waals surface area contributed by atoms with Gasteiger partial charge in [0.15, 0.2) is 5.82 Å². The van der Waals surface area contributed by atoms with Crippen LogP contribution in [0.1, 0.15) is 13.8 Å². The van der Waals surface area contributed by atoms with E-state index in [-0.39, 0.29) is 11.9 Å². The van der Waals surface area contributed by atoms with Crippen molar-refractivity contribution in [3.8, 4) is 5.75 Å². The molecule has 0 bridgehead atoms. The quantitative estimate of drug-likeness (QED) is 0.698. The molecule has 2 aromatic carbocycles. The van der Waals surface area contributed by atoms with Crippen LogP contribution in [0.15, 0.2) is 54.7 Å². The Kier molecular flexibility index (Phi) is 5.03. The molecule has 0 saturated heterocycles. The Morgan fingerprint density at radius 1 is 1.04 bits per heavy atom. The molecule has 0 aliphatic rings. The molecule has 0 fully saturated rings. The van der Waals surface area contributed by atoms with Gasteiger partial charge in [0.05, 0.1) is 18.0 Å². The predicted molar refractivity (Wildman–Crippen MR) is 95.0 cm³/mol. The second-order valence-electron chi connectivity index (χ2n) is 5.59. The van der Waals surface area contributed by atoms with E-state index in [4.69, 9.17) is 4.74 Å². The summed E-state index contributed by atoms with van der Waals surface area (Å²) in [5, 5.41) is 14.0. The van der Waals surface area contributed by atoms with Crippen molar-refractivity contribution in [3.05, 3.63) is 60.5 Å². The average Bonchev–Trinajstić information content (AvgIpc) is 2.57. The molecule has 7 heteroatoms. The largest absolute Gasteiger partial charge is 0.489 e. The van der Waals surface area contributed by atoms with E-state index in [0.717, 1.165) is 5.69 Å². The SMILES string of the molecule is CC(C)Oc1ccccc1Nc1nncc(Nc2cccc(F)c2)n1. The lowest BCUT2D eigenvalue weighted by Gasteiger charge is -2.14. The topological polar surface area (TPSA) is 72.0 Å². The molecule has 3 aromatic rings. The molecule has 25 heavy (non-hydrogen) atoms. The lowest BCUT2D eigenvalue weighted by atomic mass is 10.3. The van der Waals surface area contributed by atoms with Crippen LogP contribution >= 0.6 is 0 Å². The molecule has 128 valence electrons. The van der Waals surface area contributed by atoms with Gasteiger partial charge in [-0.25, -0.2) is 4.39 Å². The maximum atomic E-state index is 13.3. The van der Waals surface area contributed by atoms with Crippen LogP contribution in [0.25, 0.3) is 0 Å². The summed E-state index contributed by atoms with van der Waals surface area (Å²) in [6.45, 7) is 3.91. The molecular weight excluding hydrogens is 321 g/mol. The summed E-state index contributed by atoms with van der Waals surface area (Å²) in [5.41, 5.74) is 1.32. The van der Waals surface area contributed by atoms with E-state index < -0.39 is 0 Å². The average molecular weight is 339 g/mol. The smallest absolute Gasteiger partial charge is 0.249 e. The van der Waals surface area contributed by atoms with Gasteiger partial charge in [-0.2, -0.15) is 10.1 Å². The Morgan fingerprint density at radius 3 is 2.68 bits per heavy atom. The van der Waals surface area contributed by atoms with E-state index in [2.05, 4.69) is 25.8 Å². The highest BCUT2D eigenvalue weighted by molar-refractivity contribution is 5.63. The number of nitrogens with one attached hydrogen (secondary N) is 2. The molecule has 3 rings (SSSR count). The van der Waals surface area contributed by atoms with Crippen LogP contribution < -0.4 is 15.4 Å². The molecule has 2 N–H and O–H groups in total. The third-order valence-electron chi connectivity index (χ3n) is 3.15. The molecule has 0 atom stereocenters. The molecule has 6 nitrogen and oxygen atoms in total. The van der Waals surface area contributed by atoms with E-state index in [0.29, 0.717) is 23.2 Å². The fourth-order valence-corrected chi connectivity index (χ4v) is 2.18. The molecule has 0 unspecified atom stereocenters. The van der Waals surface area contributed by atoms with Crippen LogP contribution in [0.4, 0.5) is 27.5 Å². The van der Waals surface area contributed by atoms with Crippen molar-refractivity contribution in [2.45, 2.75) is 20.0 Å². The van der Waals surface area contributed by atoms with Crippen molar-refractivity contribution in [1.82, 2.24) is 15.2 Å². The first-order valence-corrected chi connectivity index (χ1v) is 7.85. The highest BCUT2D eigenvalue weighted by atomic mass is 19.1. The first kappa shape index (κ1) is 16.6. The van der Waals surface area contributed by atoms with E-state index >= 15 is 0 Å². The van der Waals surface area contributed by atoms with Crippen LogP contribution in [0.2, 0.25) is 0 Å². The number of para-hydroxylation sites is 2. The number of rotatable bonds is 6. The van der Waals surface area contributed by atoms with Gasteiger partial charge < -0.3 is 15.4 Å². The summed E-state index contributed by atoms with van der Waals surface area (Å²) in [5.74, 6) is 1.13. The van der Waals surface area contributed by atoms with Gasteiger partial charge >= 0.3 is 0 Å². The summed E-state index contributed by atoms with van der Waals surface area (Å²) >= 11 is 0. The van der Waals surface area contributed by atoms with Gasteiger partial charge in [-0.15, -0.1) is 5.10 Å². The molecule has 0 aliphatic heterocycles. The number of halogens is 1. The van der Waals surface area contributed by atoms with Crippen molar-refractivity contribution in [2.75, 3.05) is 10.6 Å². The first-order chi connectivity index (χ1) is 12.1. The Labute approximate surface area is 145 Å². The van der Waals surface area contributed by atoms with E-state index in [1.54, 1.807) is 12.1 Å². The van der Waals surface area contributed by atoms with Gasteiger partial charge in [0.1, 0.15) is 11.6 Å². The minimum absolute atomic E-state index is 0.0444. The zero-order valence-corrected chi connectivity index (χ0v) is 13.9. The van der Waals surface area contributed by atoms with Crippen molar-refractivity contribution in [3.63, 3.8) is 0 Å². The van der Waals surface area contributed by atoms with E-state index in [1.807, 2.05) is 38.1 Å². The zero-order chi connectivity index (χ0) is 17.6. The minimum Gasteiger partial charge on any atom is -0.489 e. The number of aromatic nitrogens is 3. The van der Waals surface area contributed by atoms with Gasteiger partial charge in [0.25, 0.3) is 0 Å². The van der Waals surface area contributed by atoms with Crippen molar-refractivity contribution in [1.29, 1.82) is 0 Å². The van der Waals surface area contributed by atoms with Crippen LogP contribution in [-0.2, 0) is 0 Å². The second kappa shape index (κ2) is 7.57. The second-order valence-corrected chi connectivity index (χ2v) is 5.59. The summed E-state index contributed by atoms with van der Waals surface area (Å²) in [7, 11) is 0. The van der Waals surface area contributed by atoms with Gasteiger partial charge in [-0.05, 0) is 44.2 Å². The van der Waals surface area contributed by atoms with Gasteiger partial charge in [0.2, 0.25) is 5.95 Å². The number of anilines is 4. The fraction of sp³-hybridized carbons (Fsp3) is 0.167. The normalized spacial score (nSPS) is 10.6. The molecule has 0 spiro atoms. The fourth-order valence-electron chi connectivity index (χ4n) is 2.18. The Hall–Kier alpha value is -3.22. The molecule has 0 aliphatic carbocycles. The zero-order valence-electron chi connectivity index (χ0n) is 13.9. The minimum atomic E-state index is -0.329. The molecule has 0 amide bonds. The lowest BCUT2D eigenvalue weighted by molar-refractivity contribution is 0.244. The molecule has 1 heterocycles. The number of hydrogen-bond acceptors (Lipinski definition) is 6. The summed E-state index contributed by atoms with van der Waals surface area (Å²) in [4.78, 5) is 4.34. The summed E-state index contributed by atoms with van der Waals surface area (Å²) < 4.78 is 19.0. The highest BCUT2D eigenvalue weighted by Crippen LogP contribution is 2.27. The van der Waals surface area contributed by atoms with Crippen molar-refractivity contribution < 1.29 is 9.13 Å². The molecule has 1 aromatic heterocycles. The standard InChI is InChI=1S/C18H18FN5O/c1-12(2)25-16-9-4-3-8-15(16)22-18-23-17(11-20-24-18)21-14-7-5-6-13(19)10-14/h3-12H,1-2H3,(H2,21,22,23,24).